The maximum absolute atomic E-state index is 13.0. The third-order valence-electron chi connectivity index (χ3n) is 5.78. The van der Waals surface area contributed by atoms with E-state index in [1.807, 2.05) is 33.0 Å². The normalized spacial score (nSPS) is 15.6. The first-order chi connectivity index (χ1) is 14.4. The van der Waals surface area contributed by atoms with Crippen molar-refractivity contribution in [1.29, 1.82) is 0 Å². The molecule has 5 heteroatoms. The van der Waals surface area contributed by atoms with Gasteiger partial charge in [0, 0.05) is 24.2 Å². The zero-order chi connectivity index (χ0) is 22.1. The van der Waals surface area contributed by atoms with E-state index in [9.17, 15) is 9.59 Å². The number of nitrogens with zero attached hydrogens (tertiary/aromatic N) is 2. The molecule has 0 N–H and O–H groups in total. The van der Waals surface area contributed by atoms with Crippen molar-refractivity contribution in [3.05, 3.63) is 70.2 Å². The molecule has 1 aliphatic heterocycles. The largest absolute Gasteiger partial charge is 0.341 e. The lowest BCUT2D eigenvalue weighted by Gasteiger charge is -2.43. The van der Waals surface area contributed by atoms with Gasteiger partial charge in [0.2, 0.25) is 0 Å². The fraction of sp³-hybridized carbons (Fsp3) is 0.440. The summed E-state index contributed by atoms with van der Waals surface area (Å²) in [5, 5.41) is 0.735. The minimum atomic E-state index is -0.0999. The summed E-state index contributed by atoms with van der Waals surface area (Å²) in [7, 11) is 3.98. The Hall–Kier alpha value is -2.17. The van der Waals surface area contributed by atoms with Gasteiger partial charge >= 0.3 is 0 Å². The molecule has 4 nitrogen and oxygen atoms in total. The molecular formula is C25H33ClN2O2. The highest BCUT2D eigenvalue weighted by atomic mass is 35.5. The summed E-state index contributed by atoms with van der Waals surface area (Å²) in [5.74, 6) is -0.0999. The summed E-state index contributed by atoms with van der Waals surface area (Å²) in [5.41, 5.74) is 2.16. The molecule has 0 radical (unpaired) electrons. The summed E-state index contributed by atoms with van der Waals surface area (Å²) in [6, 6.07) is 15.0. The van der Waals surface area contributed by atoms with E-state index in [-0.39, 0.29) is 11.3 Å². The van der Waals surface area contributed by atoms with E-state index in [2.05, 4.69) is 24.1 Å². The molecule has 1 saturated heterocycles. The highest BCUT2D eigenvalue weighted by Gasteiger charge is 2.36. The summed E-state index contributed by atoms with van der Waals surface area (Å²) in [6.45, 7) is 6.69. The van der Waals surface area contributed by atoms with E-state index >= 15 is 0 Å². The molecule has 1 aliphatic rings. The van der Waals surface area contributed by atoms with Crippen LogP contribution in [-0.4, -0.2) is 55.7 Å². The Labute approximate surface area is 185 Å². The highest BCUT2D eigenvalue weighted by Crippen LogP contribution is 2.36. The fourth-order valence-corrected chi connectivity index (χ4v) is 4.22. The van der Waals surface area contributed by atoms with Crippen LogP contribution in [0.15, 0.2) is 48.5 Å². The van der Waals surface area contributed by atoms with Crippen LogP contribution in [0.2, 0.25) is 5.02 Å². The molecule has 0 bridgehead atoms. The van der Waals surface area contributed by atoms with E-state index < -0.39 is 0 Å². The van der Waals surface area contributed by atoms with Gasteiger partial charge in [-0.3, -0.25) is 9.59 Å². The van der Waals surface area contributed by atoms with Crippen molar-refractivity contribution in [2.45, 2.75) is 33.1 Å². The van der Waals surface area contributed by atoms with Gasteiger partial charge in [0.1, 0.15) is 0 Å². The standard InChI is InChI=1S/C23H27ClN2O2.C2H6/c1-25-13-11-23(12-14-25,15-18-7-9-20(24)10-8-18)17-26(2)22(28)21-6-4-3-5-19(21)16-27;1-2/h3-10,16H,11-15,17H2,1-2H3;1-2H3. The van der Waals surface area contributed by atoms with Crippen LogP contribution in [0.1, 0.15) is 53.0 Å². The lowest BCUT2D eigenvalue weighted by molar-refractivity contribution is 0.0564. The van der Waals surface area contributed by atoms with E-state index in [0.29, 0.717) is 17.7 Å². The van der Waals surface area contributed by atoms with Crippen molar-refractivity contribution >= 4 is 23.8 Å². The topological polar surface area (TPSA) is 40.6 Å². The van der Waals surface area contributed by atoms with E-state index in [0.717, 1.165) is 43.7 Å². The Morgan fingerprint density at radius 1 is 1.10 bits per heavy atom. The van der Waals surface area contributed by atoms with Gasteiger partial charge in [0.25, 0.3) is 5.91 Å². The average Bonchev–Trinajstić information content (AvgIpc) is 2.78. The molecule has 0 aromatic heterocycles. The maximum Gasteiger partial charge on any atom is 0.254 e. The number of halogens is 1. The Morgan fingerprint density at radius 3 is 2.30 bits per heavy atom. The van der Waals surface area contributed by atoms with Crippen LogP contribution in [0.5, 0.6) is 0 Å². The first-order valence-corrected chi connectivity index (χ1v) is 11.0. The third-order valence-corrected chi connectivity index (χ3v) is 6.03. The van der Waals surface area contributed by atoms with Crippen LogP contribution in [-0.2, 0) is 6.42 Å². The number of carbonyl (C=O) groups excluding carboxylic acids is 2. The van der Waals surface area contributed by atoms with Crippen LogP contribution in [0.4, 0.5) is 0 Å². The number of aldehydes is 1. The molecule has 1 fully saturated rings. The van der Waals surface area contributed by atoms with Crippen LogP contribution in [0.3, 0.4) is 0 Å². The second-order valence-electron chi connectivity index (χ2n) is 7.97. The Balaban J connectivity index is 0.00000155. The smallest absolute Gasteiger partial charge is 0.254 e. The summed E-state index contributed by atoms with van der Waals surface area (Å²) >= 11 is 6.04. The van der Waals surface area contributed by atoms with Gasteiger partial charge in [-0.15, -0.1) is 0 Å². The Bertz CT molecular complexity index is 827. The summed E-state index contributed by atoms with van der Waals surface area (Å²) in [4.78, 5) is 28.5. The van der Waals surface area contributed by atoms with Crippen LogP contribution in [0, 0.1) is 5.41 Å². The lowest BCUT2D eigenvalue weighted by atomic mass is 9.73. The van der Waals surface area contributed by atoms with Crippen molar-refractivity contribution < 1.29 is 9.59 Å². The first kappa shape index (κ1) is 24.1. The van der Waals surface area contributed by atoms with E-state index in [1.165, 1.54) is 5.56 Å². The predicted octanol–water partition coefficient (Wildman–Crippen LogP) is 5.21. The predicted molar refractivity (Wildman–Crippen MR) is 124 cm³/mol. The number of amides is 1. The molecule has 30 heavy (non-hydrogen) atoms. The molecule has 0 aliphatic carbocycles. The molecule has 0 atom stereocenters. The van der Waals surface area contributed by atoms with Crippen molar-refractivity contribution in [2.24, 2.45) is 5.41 Å². The minimum Gasteiger partial charge on any atom is -0.341 e. The molecule has 2 aromatic carbocycles. The van der Waals surface area contributed by atoms with Crippen molar-refractivity contribution in [3.63, 3.8) is 0 Å². The average molecular weight is 429 g/mol. The van der Waals surface area contributed by atoms with E-state index in [1.54, 1.807) is 29.2 Å². The summed E-state index contributed by atoms with van der Waals surface area (Å²) < 4.78 is 0. The molecule has 0 saturated carbocycles. The first-order valence-electron chi connectivity index (χ1n) is 10.7. The SMILES string of the molecule is CC.CN1CCC(Cc2ccc(Cl)cc2)(CN(C)C(=O)c2ccccc2C=O)CC1. The van der Waals surface area contributed by atoms with Crippen molar-refractivity contribution in [1.82, 2.24) is 9.80 Å². The number of hydrogen-bond acceptors (Lipinski definition) is 3. The Morgan fingerprint density at radius 2 is 1.70 bits per heavy atom. The number of rotatable bonds is 6. The molecule has 2 aromatic rings. The highest BCUT2D eigenvalue weighted by molar-refractivity contribution is 6.30. The number of carbonyl (C=O) groups is 2. The zero-order valence-electron chi connectivity index (χ0n) is 18.5. The van der Waals surface area contributed by atoms with E-state index in [4.69, 9.17) is 11.6 Å². The van der Waals surface area contributed by atoms with Gasteiger partial charge in [0.05, 0.1) is 5.56 Å². The van der Waals surface area contributed by atoms with Gasteiger partial charge in [-0.1, -0.05) is 55.8 Å². The van der Waals surface area contributed by atoms with Crippen LogP contribution >= 0.6 is 11.6 Å². The molecule has 0 spiro atoms. The maximum atomic E-state index is 13.0. The molecule has 0 unspecified atom stereocenters. The van der Waals surface area contributed by atoms with Crippen LogP contribution in [0.25, 0.3) is 0 Å². The van der Waals surface area contributed by atoms with Gasteiger partial charge in [-0.25, -0.2) is 0 Å². The third kappa shape index (κ3) is 6.16. The second-order valence-corrected chi connectivity index (χ2v) is 8.41. The molecular weight excluding hydrogens is 396 g/mol. The number of hydrogen-bond donors (Lipinski definition) is 0. The molecule has 162 valence electrons. The lowest BCUT2D eigenvalue weighted by Crippen LogP contribution is -2.47. The molecule has 1 amide bonds. The van der Waals surface area contributed by atoms with Crippen molar-refractivity contribution in [3.8, 4) is 0 Å². The quantitative estimate of drug-likeness (QED) is 0.593. The minimum absolute atomic E-state index is 0.0148. The molecule has 1 heterocycles. The fourth-order valence-electron chi connectivity index (χ4n) is 4.09. The zero-order valence-corrected chi connectivity index (χ0v) is 19.3. The van der Waals surface area contributed by atoms with Crippen molar-refractivity contribution in [2.75, 3.05) is 33.7 Å². The summed E-state index contributed by atoms with van der Waals surface area (Å²) in [6.07, 6.45) is 3.71. The van der Waals surface area contributed by atoms with Gasteiger partial charge in [0.15, 0.2) is 6.29 Å². The number of likely N-dealkylation sites (tertiary alicyclic amines) is 1. The van der Waals surface area contributed by atoms with Gasteiger partial charge in [-0.05, 0) is 68.6 Å². The molecule has 3 rings (SSSR count). The Kier molecular flexibility index (Phi) is 9.07. The monoisotopic (exact) mass is 428 g/mol. The van der Waals surface area contributed by atoms with Crippen LogP contribution < -0.4 is 0 Å². The van der Waals surface area contributed by atoms with Gasteiger partial charge < -0.3 is 9.80 Å². The number of benzene rings is 2. The van der Waals surface area contributed by atoms with Gasteiger partial charge in [-0.2, -0.15) is 0 Å². The second kappa shape index (κ2) is 11.3. The number of piperidine rings is 1.